The van der Waals surface area contributed by atoms with Crippen LogP contribution < -0.4 is 10.1 Å². The van der Waals surface area contributed by atoms with E-state index in [4.69, 9.17) is 9.47 Å². The Morgan fingerprint density at radius 1 is 0.968 bits per heavy atom. The molecule has 2 aliphatic rings. The van der Waals surface area contributed by atoms with Gasteiger partial charge in [-0.05, 0) is 69.0 Å². The molecule has 0 atom stereocenters. The number of hydrogen-bond acceptors (Lipinski definition) is 4. The lowest BCUT2D eigenvalue weighted by molar-refractivity contribution is 0.0363. The minimum absolute atomic E-state index is 0.0190. The predicted octanol–water partition coefficient (Wildman–Crippen LogP) is 5.69. The van der Waals surface area contributed by atoms with E-state index >= 15 is 0 Å². The molecule has 2 aromatic carbocycles. The van der Waals surface area contributed by atoms with Crippen molar-refractivity contribution in [2.45, 2.75) is 82.5 Å². The fraction of sp³-hybridized carbons (Fsp3) is 0.500. The zero-order valence-corrected chi connectivity index (χ0v) is 18.7. The molecule has 0 bridgehead atoms. The van der Waals surface area contributed by atoms with E-state index in [-0.39, 0.29) is 23.7 Å². The summed E-state index contributed by atoms with van der Waals surface area (Å²) in [7, 11) is 0. The highest BCUT2D eigenvalue weighted by molar-refractivity contribution is 5.68. The number of phenolic OH excluding ortho intramolecular Hbond substituents is 1. The highest BCUT2D eigenvalue weighted by Gasteiger charge is 2.37. The number of ether oxygens (including phenoxy) is 2. The van der Waals surface area contributed by atoms with Gasteiger partial charge in [0.05, 0.1) is 0 Å². The quantitative estimate of drug-likeness (QED) is 0.649. The van der Waals surface area contributed by atoms with Crippen LogP contribution in [0.5, 0.6) is 11.5 Å². The van der Waals surface area contributed by atoms with E-state index in [9.17, 15) is 9.90 Å². The molecule has 2 aliphatic carbocycles. The molecule has 0 unspecified atom stereocenters. The zero-order valence-electron chi connectivity index (χ0n) is 18.7. The third-order valence-corrected chi connectivity index (χ3v) is 6.40. The summed E-state index contributed by atoms with van der Waals surface area (Å²) >= 11 is 0. The third kappa shape index (κ3) is 4.97. The second-order valence-corrected chi connectivity index (χ2v) is 9.91. The molecule has 2 N–H and O–H groups in total. The molecule has 2 saturated carbocycles. The summed E-state index contributed by atoms with van der Waals surface area (Å²) in [6, 6.07) is 16.3. The fourth-order valence-corrected chi connectivity index (χ4v) is 4.80. The minimum atomic E-state index is -0.484. The van der Waals surface area contributed by atoms with Crippen LogP contribution in [0.2, 0.25) is 0 Å². The van der Waals surface area contributed by atoms with Gasteiger partial charge in [0.1, 0.15) is 23.2 Å². The fourth-order valence-electron chi connectivity index (χ4n) is 4.80. The summed E-state index contributed by atoms with van der Waals surface area (Å²) in [4.78, 5) is 11.9. The van der Waals surface area contributed by atoms with Crippen molar-refractivity contribution in [3.05, 3.63) is 59.7 Å². The van der Waals surface area contributed by atoms with Crippen molar-refractivity contribution in [1.29, 1.82) is 0 Å². The second kappa shape index (κ2) is 8.45. The maximum atomic E-state index is 11.9. The highest BCUT2D eigenvalue weighted by Crippen LogP contribution is 2.47. The van der Waals surface area contributed by atoms with Crippen molar-refractivity contribution >= 4 is 6.09 Å². The number of rotatable bonds is 5. The largest absolute Gasteiger partial charge is 0.508 e. The SMILES string of the molecule is CC(C)(C)OC(=O)NC1CC(Oc2ccc(C3(c4ccc(O)cc4)CCCC3)cc2)C1. The van der Waals surface area contributed by atoms with E-state index in [0.717, 1.165) is 31.4 Å². The lowest BCUT2D eigenvalue weighted by Gasteiger charge is -2.36. The van der Waals surface area contributed by atoms with Gasteiger partial charge in [-0.3, -0.25) is 0 Å². The van der Waals surface area contributed by atoms with Gasteiger partial charge in [-0.15, -0.1) is 0 Å². The number of phenols is 1. The van der Waals surface area contributed by atoms with Crippen LogP contribution in [0.15, 0.2) is 48.5 Å². The van der Waals surface area contributed by atoms with Gasteiger partial charge in [0.15, 0.2) is 0 Å². The molecule has 0 spiro atoms. The van der Waals surface area contributed by atoms with Crippen molar-refractivity contribution in [2.75, 3.05) is 0 Å². The van der Waals surface area contributed by atoms with Crippen LogP contribution >= 0.6 is 0 Å². The molecule has 0 aliphatic heterocycles. The van der Waals surface area contributed by atoms with Gasteiger partial charge in [-0.25, -0.2) is 4.79 Å². The van der Waals surface area contributed by atoms with Crippen LogP contribution in [0.25, 0.3) is 0 Å². The number of carbonyl (C=O) groups excluding carboxylic acids is 1. The topological polar surface area (TPSA) is 67.8 Å². The van der Waals surface area contributed by atoms with Gasteiger partial charge in [-0.1, -0.05) is 37.1 Å². The minimum Gasteiger partial charge on any atom is -0.508 e. The van der Waals surface area contributed by atoms with Crippen LogP contribution in [0.4, 0.5) is 4.79 Å². The van der Waals surface area contributed by atoms with E-state index in [0.29, 0.717) is 5.75 Å². The van der Waals surface area contributed by atoms with Gasteiger partial charge < -0.3 is 19.9 Å². The first kappa shape index (κ1) is 21.5. The molecule has 4 rings (SSSR count). The van der Waals surface area contributed by atoms with Gasteiger partial charge >= 0.3 is 6.09 Å². The van der Waals surface area contributed by atoms with E-state index in [2.05, 4.69) is 41.7 Å². The van der Waals surface area contributed by atoms with Crippen molar-refractivity contribution < 1.29 is 19.4 Å². The molecule has 0 radical (unpaired) electrons. The van der Waals surface area contributed by atoms with Crippen molar-refractivity contribution in [3.63, 3.8) is 0 Å². The molecule has 2 fully saturated rings. The Hall–Kier alpha value is -2.69. The number of benzene rings is 2. The van der Waals surface area contributed by atoms with Crippen molar-refractivity contribution in [3.8, 4) is 11.5 Å². The Morgan fingerprint density at radius 2 is 1.52 bits per heavy atom. The number of alkyl carbamates (subject to hydrolysis) is 1. The van der Waals surface area contributed by atoms with Gasteiger partial charge in [0.25, 0.3) is 0 Å². The summed E-state index contributed by atoms with van der Waals surface area (Å²) in [5.74, 6) is 1.17. The molecule has 166 valence electrons. The molecule has 1 amide bonds. The monoisotopic (exact) mass is 423 g/mol. The van der Waals surface area contributed by atoms with Gasteiger partial charge in [-0.2, -0.15) is 0 Å². The maximum absolute atomic E-state index is 11.9. The maximum Gasteiger partial charge on any atom is 0.407 e. The van der Waals surface area contributed by atoms with E-state index in [1.165, 1.54) is 24.0 Å². The molecule has 0 aromatic heterocycles. The summed E-state index contributed by atoms with van der Waals surface area (Å²) < 4.78 is 11.4. The Kier molecular flexibility index (Phi) is 5.87. The number of amides is 1. The smallest absolute Gasteiger partial charge is 0.407 e. The predicted molar refractivity (Wildman–Crippen MR) is 121 cm³/mol. The molecule has 2 aromatic rings. The standard InChI is InChI=1S/C26H33NO4/c1-25(2,3)31-24(29)27-20-16-23(17-20)30-22-12-8-19(9-13-22)26(14-4-5-15-26)18-6-10-21(28)11-7-18/h6-13,20,23,28H,4-5,14-17H2,1-3H3,(H,27,29). The van der Waals surface area contributed by atoms with Crippen LogP contribution in [-0.2, 0) is 10.2 Å². The first-order valence-electron chi connectivity index (χ1n) is 11.3. The van der Waals surface area contributed by atoms with E-state index in [1.54, 1.807) is 12.1 Å². The zero-order chi connectivity index (χ0) is 22.1. The Balaban J connectivity index is 1.35. The van der Waals surface area contributed by atoms with Crippen LogP contribution in [0.1, 0.15) is 70.4 Å². The van der Waals surface area contributed by atoms with Crippen molar-refractivity contribution in [2.24, 2.45) is 0 Å². The Morgan fingerprint density at radius 3 is 2.06 bits per heavy atom. The van der Waals surface area contributed by atoms with Gasteiger partial charge in [0.2, 0.25) is 0 Å². The number of aromatic hydroxyl groups is 1. The molecule has 0 saturated heterocycles. The van der Waals surface area contributed by atoms with E-state index in [1.807, 2.05) is 20.8 Å². The third-order valence-electron chi connectivity index (χ3n) is 6.40. The molecular weight excluding hydrogens is 390 g/mol. The first-order valence-corrected chi connectivity index (χ1v) is 11.3. The summed E-state index contributed by atoms with van der Waals surface area (Å²) in [5, 5.41) is 12.6. The summed E-state index contributed by atoms with van der Waals surface area (Å²) in [5.41, 5.74) is 2.11. The lowest BCUT2D eigenvalue weighted by atomic mass is 9.73. The van der Waals surface area contributed by atoms with Crippen LogP contribution in [-0.4, -0.2) is 28.9 Å². The molecule has 31 heavy (non-hydrogen) atoms. The van der Waals surface area contributed by atoms with Crippen molar-refractivity contribution in [1.82, 2.24) is 5.32 Å². The molecule has 0 heterocycles. The van der Waals surface area contributed by atoms with Crippen LogP contribution in [0.3, 0.4) is 0 Å². The average molecular weight is 424 g/mol. The van der Waals surface area contributed by atoms with Gasteiger partial charge in [0, 0.05) is 24.3 Å². The molecule has 5 nitrogen and oxygen atoms in total. The highest BCUT2D eigenvalue weighted by atomic mass is 16.6. The molecule has 5 heteroatoms. The number of nitrogens with one attached hydrogen (secondary N) is 1. The summed E-state index contributed by atoms with van der Waals surface area (Å²) in [6.07, 6.45) is 6.01. The first-order chi connectivity index (χ1) is 14.7. The Labute approximate surface area is 184 Å². The Bertz CT molecular complexity index is 886. The molecular formula is C26H33NO4. The lowest BCUT2D eigenvalue weighted by Crippen LogP contribution is -2.50. The average Bonchev–Trinajstić information content (AvgIpc) is 3.17. The number of carbonyl (C=O) groups is 1. The normalized spacial score (nSPS) is 22.4. The van der Waals surface area contributed by atoms with Crippen LogP contribution in [0, 0.1) is 0 Å². The van der Waals surface area contributed by atoms with E-state index < -0.39 is 5.60 Å². The number of hydrogen-bond donors (Lipinski definition) is 2. The second-order valence-electron chi connectivity index (χ2n) is 9.91. The summed E-state index contributed by atoms with van der Waals surface area (Å²) in [6.45, 7) is 5.58.